The van der Waals surface area contributed by atoms with Gasteiger partial charge in [0, 0.05) is 22.2 Å². The molecule has 0 heterocycles. The highest BCUT2D eigenvalue weighted by Crippen LogP contribution is 2.59. The zero-order valence-electron chi connectivity index (χ0n) is 23.7. The van der Waals surface area contributed by atoms with Crippen LogP contribution in [0.25, 0.3) is 0 Å². The summed E-state index contributed by atoms with van der Waals surface area (Å²) < 4.78 is 3.10. The van der Waals surface area contributed by atoms with Gasteiger partial charge in [-0.1, -0.05) is 166 Å². The molecule has 40 heavy (non-hydrogen) atoms. The third-order valence-corrected chi connectivity index (χ3v) is 14.6. The summed E-state index contributed by atoms with van der Waals surface area (Å²) >= 11 is 0. The van der Waals surface area contributed by atoms with Crippen LogP contribution in [0.3, 0.4) is 0 Å². The van der Waals surface area contributed by atoms with Gasteiger partial charge in [-0.15, -0.1) is 0 Å². The lowest BCUT2D eigenvalue weighted by atomic mass is 9.75. The Hall–Kier alpha value is -2.30. The minimum Gasteiger partial charge on any atom is -0.241 e. The van der Waals surface area contributed by atoms with Crippen molar-refractivity contribution in [2.24, 2.45) is 11.8 Å². The largest absolute Gasteiger partial charge is 0.241 e. The third-order valence-electron chi connectivity index (χ3n) is 8.94. The van der Waals surface area contributed by atoms with E-state index in [4.69, 9.17) is 0 Å². The van der Waals surface area contributed by atoms with Crippen LogP contribution in [-0.2, 0) is 0 Å². The maximum atomic E-state index is 3.10. The Labute approximate surface area is 244 Å². The van der Waals surface area contributed by atoms with E-state index in [0.717, 1.165) is 11.8 Å². The Morgan fingerprint density at radius 2 is 0.825 bits per heavy atom. The topological polar surface area (TPSA) is 3.24 Å². The van der Waals surface area contributed by atoms with Gasteiger partial charge in [-0.2, -0.15) is 0 Å². The molecule has 2 aliphatic rings. The van der Waals surface area contributed by atoms with Crippen LogP contribution < -0.4 is 21.2 Å². The van der Waals surface area contributed by atoms with Gasteiger partial charge in [0.15, 0.2) is 0 Å². The average molecular weight is 564 g/mol. The van der Waals surface area contributed by atoms with Crippen molar-refractivity contribution < 1.29 is 0 Å². The Bertz CT molecular complexity index is 1110. The Morgan fingerprint density at radius 3 is 1.25 bits per heavy atom. The van der Waals surface area contributed by atoms with Gasteiger partial charge in [-0.25, -0.2) is 4.44 Å². The average Bonchev–Trinajstić information content (AvgIpc) is 3.04. The Balaban J connectivity index is 1.52. The van der Waals surface area contributed by atoms with Gasteiger partial charge in [0.2, 0.25) is 0 Å². The minimum absolute atomic E-state index is 0.591. The summed E-state index contributed by atoms with van der Waals surface area (Å²) in [5.41, 5.74) is 0. The van der Waals surface area contributed by atoms with Gasteiger partial charge in [-0.3, -0.25) is 0 Å². The van der Waals surface area contributed by atoms with Gasteiger partial charge in [0.1, 0.15) is 0 Å². The second-order valence-electron chi connectivity index (χ2n) is 11.6. The molecule has 2 aliphatic carbocycles. The van der Waals surface area contributed by atoms with Crippen LogP contribution in [0.4, 0.5) is 0 Å². The predicted octanol–water partition coefficient (Wildman–Crippen LogP) is 8.91. The van der Waals surface area contributed by atoms with E-state index in [1.165, 1.54) is 85.4 Å². The van der Waals surface area contributed by atoms with E-state index in [1.54, 1.807) is 0 Å². The molecule has 2 atom stereocenters. The summed E-state index contributed by atoms with van der Waals surface area (Å²) in [4.78, 5) is 0. The molecule has 0 spiro atoms. The first-order valence-corrected chi connectivity index (χ1v) is 18.1. The van der Waals surface area contributed by atoms with Gasteiger partial charge >= 0.3 is 0 Å². The fourth-order valence-electron chi connectivity index (χ4n) is 7.05. The highest BCUT2D eigenvalue weighted by atomic mass is 31.2. The molecule has 0 bridgehead atoms. The summed E-state index contributed by atoms with van der Waals surface area (Å²) in [6.45, 7) is 0. The van der Waals surface area contributed by atoms with Crippen LogP contribution in [0.15, 0.2) is 121 Å². The maximum Gasteiger partial charge on any atom is 0.0325 e. The zero-order valence-corrected chi connectivity index (χ0v) is 25.5. The van der Waals surface area contributed by atoms with E-state index in [1.807, 2.05) is 0 Å². The molecule has 0 N–H and O–H groups in total. The first-order chi connectivity index (χ1) is 19.9. The lowest BCUT2D eigenvalue weighted by Gasteiger charge is -2.49. The zero-order chi connectivity index (χ0) is 27.0. The number of hydrogen-bond donors (Lipinski definition) is 0. The molecule has 0 unspecified atom stereocenters. The molecule has 2 saturated carbocycles. The van der Waals surface area contributed by atoms with Gasteiger partial charge in [0.05, 0.1) is 0 Å². The molecule has 0 amide bonds. The molecule has 6 rings (SSSR count). The molecule has 0 aliphatic heterocycles. The van der Waals surface area contributed by atoms with E-state index in [-0.39, 0.29) is 0 Å². The molecular formula is C37H43NP2. The van der Waals surface area contributed by atoms with E-state index in [2.05, 4.69) is 126 Å². The molecule has 0 aromatic heterocycles. The van der Waals surface area contributed by atoms with Gasteiger partial charge < -0.3 is 0 Å². The van der Waals surface area contributed by atoms with Gasteiger partial charge in [0.25, 0.3) is 0 Å². The SMILES string of the molecule is c1ccc(P(c2ccccc2)N([C@@H]2CCCC[C@H]2CC2CCCCC2)P(c2ccccc2)c2ccccc2)cc1. The van der Waals surface area contributed by atoms with Crippen molar-refractivity contribution in [1.82, 2.24) is 4.44 Å². The van der Waals surface area contributed by atoms with Crippen molar-refractivity contribution in [2.45, 2.75) is 70.3 Å². The Kier molecular flexibility index (Phi) is 9.78. The van der Waals surface area contributed by atoms with Crippen molar-refractivity contribution in [3.8, 4) is 0 Å². The van der Waals surface area contributed by atoms with Crippen molar-refractivity contribution in [3.05, 3.63) is 121 Å². The first kappa shape index (κ1) is 27.8. The third kappa shape index (κ3) is 6.60. The number of nitrogens with zero attached hydrogens (tertiary/aromatic N) is 1. The van der Waals surface area contributed by atoms with Crippen molar-refractivity contribution in [3.63, 3.8) is 0 Å². The van der Waals surface area contributed by atoms with Crippen LogP contribution in [0, 0.1) is 11.8 Å². The van der Waals surface area contributed by atoms with E-state index >= 15 is 0 Å². The number of hydrogen-bond acceptors (Lipinski definition) is 1. The molecule has 4 aromatic carbocycles. The van der Waals surface area contributed by atoms with E-state index < -0.39 is 16.1 Å². The predicted molar refractivity (Wildman–Crippen MR) is 177 cm³/mol. The second kappa shape index (κ2) is 14.0. The summed E-state index contributed by atoms with van der Waals surface area (Å²) in [6, 6.07) is 46.5. The smallest absolute Gasteiger partial charge is 0.0325 e. The molecule has 0 saturated heterocycles. The highest BCUT2D eigenvalue weighted by Gasteiger charge is 2.41. The molecular weight excluding hydrogens is 520 g/mol. The fourth-order valence-corrected chi connectivity index (χ4v) is 13.6. The van der Waals surface area contributed by atoms with Crippen molar-refractivity contribution in [1.29, 1.82) is 0 Å². The standard InChI is InChI=1S/C37H43NP2/c1-6-18-31(19-7-1)30-32-20-16-17-29-37(32)38(39(33-21-8-2-9-22-33)34-23-10-3-11-24-34)40(35-25-12-4-13-26-35)36-27-14-5-15-28-36/h2-5,8-15,21-28,31-32,37H,1,6-7,16-20,29-30H2/t32-,37+/m0/s1. The fraction of sp³-hybridized carbons (Fsp3) is 0.351. The lowest BCUT2D eigenvalue weighted by molar-refractivity contribution is 0.185. The quantitative estimate of drug-likeness (QED) is 0.184. The summed E-state index contributed by atoms with van der Waals surface area (Å²) in [6.07, 6.45) is 14.1. The van der Waals surface area contributed by atoms with Crippen LogP contribution >= 0.6 is 16.1 Å². The molecule has 1 nitrogen and oxygen atoms in total. The van der Waals surface area contributed by atoms with E-state index in [0.29, 0.717) is 6.04 Å². The Morgan fingerprint density at radius 1 is 0.450 bits per heavy atom. The summed E-state index contributed by atoms with van der Waals surface area (Å²) in [7, 11) is -1.42. The van der Waals surface area contributed by atoms with E-state index in [9.17, 15) is 0 Å². The molecule has 0 radical (unpaired) electrons. The first-order valence-electron chi connectivity index (χ1n) is 15.5. The highest BCUT2D eigenvalue weighted by molar-refractivity contribution is 7.84. The monoisotopic (exact) mass is 563 g/mol. The lowest BCUT2D eigenvalue weighted by Crippen LogP contribution is -2.44. The molecule has 3 heteroatoms. The van der Waals surface area contributed by atoms with Crippen LogP contribution in [0.1, 0.15) is 64.2 Å². The molecule has 206 valence electrons. The number of rotatable bonds is 9. The normalized spacial score (nSPS) is 20.3. The van der Waals surface area contributed by atoms with Gasteiger partial charge in [-0.05, 0) is 52.3 Å². The maximum absolute atomic E-state index is 3.10. The molecule has 2 fully saturated rings. The summed E-state index contributed by atoms with van der Waals surface area (Å²) in [5, 5.41) is 5.91. The van der Waals surface area contributed by atoms with Crippen LogP contribution in [0.2, 0.25) is 0 Å². The van der Waals surface area contributed by atoms with Crippen molar-refractivity contribution >= 4 is 37.4 Å². The second-order valence-corrected chi connectivity index (χ2v) is 16.1. The van der Waals surface area contributed by atoms with Crippen molar-refractivity contribution in [2.75, 3.05) is 0 Å². The number of benzene rings is 4. The van der Waals surface area contributed by atoms with Crippen LogP contribution in [0.5, 0.6) is 0 Å². The van der Waals surface area contributed by atoms with Crippen LogP contribution in [-0.4, -0.2) is 10.5 Å². The minimum atomic E-state index is -0.711. The molecule has 4 aromatic rings. The summed E-state index contributed by atoms with van der Waals surface area (Å²) in [5.74, 6) is 1.69.